The highest BCUT2D eigenvalue weighted by Crippen LogP contribution is 2.21. The third kappa shape index (κ3) is 4.47. The Balaban J connectivity index is 1.67. The first-order valence-corrected chi connectivity index (χ1v) is 8.75. The molecular formula is C18H26N6. The Morgan fingerprint density at radius 3 is 2.71 bits per heavy atom. The minimum atomic E-state index is 0.590. The monoisotopic (exact) mass is 326 g/mol. The third-order valence-corrected chi connectivity index (χ3v) is 4.49. The zero-order valence-corrected chi connectivity index (χ0v) is 14.8. The maximum atomic E-state index is 4.45. The van der Waals surface area contributed by atoms with E-state index in [9.17, 15) is 0 Å². The van der Waals surface area contributed by atoms with E-state index < -0.39 is 0 Å². The number of likely N-dealkylation sites (tertiary alicyclic amines) is 1. The second kappa shape index (κ2) is 7.66. The Hall–Kier alpha value is -2.08. The molecule has 1 atom stereocenters. The van der Waals surface area contributed by atoms with Crippen molar-refractivity contribution in [1.82, 2.24) is 24.8 Å². The minimum absolute atomic E-state index is 0.590. The van der Waals surface area contributed by atoms with E-state index in [1.807, 2.05) is 26.0 Å². The summed E-state index contributed by atoms with van der Waals surface area (Å²) in [4.78, 5) is 20.1. The Bertz CT molecular complexity index is 667. The molecule has 3 rings (SSSR count). The molecule has 1 saturated heterocycles. The molecule has 0 radical (unpaired) electrons. The van der Waals surface area contributed by atoms with Crippen molar-refractivity contribution < 1.29 is 0 Å². The van der Waals surface area contributed by atoms with Crippen molar-refractivity contribution in [3.63, 3.8) is 0 Å². The molecular weight excluding hydrogens is 300 g/mol. The zero-order chi connectivity index (χ0) is 16.9. The maximum Gasteiger partial charge on any atom is 0.228 e. The van der Waals surface area contributed by atoms with Crippen LogP contribution in [0.15, 0.2) is 18.5 Å². The second-order valence-corrected chi connectivity index (χ2v) is 6.60. The number of hydrogen-bond acceptors (Lipinski definition) is 6. The summed E-state index contributed by atoms with van der Waals surface area (Å²) >= 11 is 0. The molecule has 1 aliphatic heterocycles. The minimum Gasteiger partial charge on any atom is -0.309 e. The Morgan fingerprint density at radius 2 is 1.96 bits per heavy atom. The van der Waals surface area contributed by atoms with Gasteiger partial charge in [0.05, 0.1) is 0 Å². The molecule has 6 heteroatoms. The van der Waals surface area contributed by atoms with Crippen molar-refractivity contribution in [1.29, 1.82) is 0 Å². The molecule has 0 amide bonds. The van der Waals surface area contributed by atoms with Gasteiger partial charge in [0, 0.05) is 29.7 Å². The first-order chi connectivity index (χ1) is 11.6. The van der Waals surface area contributed by atoms with Crippen LogP contribution in [0.4, 0.5) is 11.8 Å². The fourth-order valence-electron chi connectivity index (χ4n) is 3.37. The van der Waals surface area contributed by atoms with E-state index in [2.05, 4.69) is 37.1 Å². The van der Waals surface area contributed by atoms with Gasteiger partial charge in [-0.1, -0.05) is 6.92 Å². The second-order valence-electron chi connectivity index (χ2n) is 6.60. The molecule has 128 valence electrons. The van der Waals surface area contributed by atoms with E-state index in [1.165, 1.54) is 25.9 Å². The predicted molar refractivity (Wildman–Crippen MR) is 95.4 cm³/mol. The standard InChI is InChI=1S/C18H26N6/c1-4-24-7-5-6-15(11-24)9-16-10-17(20-12-19-16)23-18-21-13(2)8-14(3)22-18/h8,10,12,15H,4-7,9,11H2,1-3H3,(H,19,20,21,22,23)/t15-/m0/s1. The van der Waals surface area contributed by atoms with Crippen LogP contribution in [0.5, 0.6) is 0 Å². The lowest BCUT2D eigenvalue weighted by Gasteiger charge is -2.31. The molecule has 1 N–H and O–H groups in total. The fourth-order valence-corrected chi connectivity index (χ4v) is 3.37. The van der Waals surface area contributed by atoms with Crippen molar-refractivity contribution in [3.05, 3.63) is 35.5 Å². The summed E-state index contributed by atoms with van der Waals surface area (Å²) in [7, 11) is 0. The third-order valence-electron chi connectivity index (χ3n) is 4.49. The molecule has 0 saturated carbocycles. The van der Waals surface area contributed by atoms with E-state index in [1.54, 1.807) is 6.33 Å². The van der Waals surface area contributed by atoms with Crippen LogP contribution in [0.1, 0.15) is 36.8 Å². The summed E-state index contributed by atoms with van der Waals surface area (Å²) in [6, 6.07) is 3.98. The van der Waals surface area contributed by atoms with Crippen molar-refractivity contribution >= 4 is 11.8 Å². The average molecular weight is 326 g/mol. The summed E-state index contributed by atoms with van der Waals surface area (Å²) in [5.74, 6) is 2.03. The molecule has 24 heavy (non-hydrogen) atoms. The summed E-state index contributed by atoms with van der Waals surface area (Å²) < 4.78 is 0. The van der Waals surface area contributed by atoms with E-state index in [4.69, 9.17) is 0 Å². The number of rotatable bonds is 5. The molecule has 2 aromatic heterocycles. The lowest BCUT2D eigenvalue weighted by atomic mass is 9.93. The van der Waals surface area contributed by atoms with E-state index in [0.717, 1.165) is 35.9 Å². The highest BCUT2D eigenvalue weighted by atomic mass is 15.1. The summed E-state index contributed by atoms with van der Waals surface area (Å²) in [5, 5.41) is 3.20. The number of piperidine rings is 1. The highest BCUT2D eigenvalue weighted by molar-refractivity contribution is 5.48. The van der Waals surface area contributed by atoms with Crippen LogP contribution in [0.25, 0.3) is 0 Å². The first kappa shape index (κ1) is 16.8. The quantitative estimate of drug-likeness (QED) is 0.911. The van der Waals surface area contributed by atoms with Gasteiger partial charge < -0.3 is 10.2 Å². The molecule has 0 spiro atoms. The van der Waals surface area contributed by atoms with Crippen LogP contribution < -0.4 is 5.32 Å². The smallest absolute Gasteiger partial charge is 0.228 e. The molecule has 0 bridgehead atoms. The van der Waals surface area contributed by atoms with E-state index in [0.29, 0.717) is 11.9 Å². The summed E-state index contributed by atoms with van der Waals surface area (Å²) in [5.41, 5.74) is 2.97. The average Bonchev–Trinajstić information content (AvgIpc) is 2.54. The lowest BCUT2D eigenvalue weighted by Crippen LogP contribution is -2.36. The van der Waals surface area contributed by atoms with Gasteiger partial charge in [0.2, 0.25) is 5.95 Å². The lowest BCUT2D eigenvalue weighted by molar-refractivity contribution is 0.181. The van der Waals surface area contributed by atoms with Gasteiger partial charge in [0.15, 0.2) is 0 Å². The number of nitrogens with one attached hydrogen (secondary N) is 1. The molecule has 2 aromatic rings. The zero-order valence-electron chi connectivity index (χ0n) is 14.8. The molecule has 0 unspecified atom stereocenters. The van der Waals surface area contributed by atoms with Crippen LogP contribution in [0.2, 0.25) is 0 Å². The van der Waals surface area contributed by atoms with Crippen LogP contribution in [0, 0.1) is 19.8 Å². The van der Waals surface area contributed by atoms with Gasteiger partial charge in [0.1, 0.15) is 12.1 Å². The molecule has 0 aliphatic carbocycles. The predicted octanol–water partition coefficient (Wildman–Crippen LogP) is 2.90. The van der Waals surface area contributed by atoms with Gasteiger partial charge in [-0.3, -0.25) is 0 Å². The van der Waals surface area contributed by atoms with Gasteiger partial charge in [-0.25, -0.2) is 19.9 Å². The number of nitrogens with zero attached hydrogens (tertiary/aromatic N) is 5. The van der Waals surface area contributed by atoms with Gasteiger partial charge in [-0.15, -0.1) is 0 Å². The van der Waals surface area contributed by atoms with Gasteiger partial charge in [-0.05, 0) is 58.2 Å². The van der Waals surface area contributed by atoms with Crippen LogP contribution in [-0.4, -0.2) is 44.5 Å². The van der Waals surface area contributed by atoms with Crippen molar-refractivity contribution in [3.8, 4) is 0 Å². The molecule has 1 aliphatic rings. The Labute approximate surface area is 143 Å². The van der Waals surface area contributed by atoms with E-state index in [-0.39, 0.29) is 0 Å². The molecule has 1 fully saturated rings. The topological polar surface area (TPSA) is 66.8 Å². The van der Waals surface area contributed by atoms with Crippen LogP contribution in [-0.2, 0) is 6.42 Å². The van der Waals surface area contributed by atoms with E-state index >= 15 is 0 Å². The number of anilines is 2. The van der Waals surface area contributed by atoms with Gasteiger partial charge in [-0.2, -0.15) is 0 Å². The van der Waals surface area contributed by atoms with Crippen molar-refractivity contribution in [2.75, 3.05) is 25.0 Å². The molecule has 3 heterocycles. The number of hydrogen-bond donors (Lipinski definition) is 1. The highest BCUT2D eigenvalue weighted by Gasteiger charge is 2.19. The largest absolute Gasteiger partial charge is 0.309 e. The SMILES string of the molecule is CCN1CCC[C@@H](Cc2cc(Nc3nc(C)cc(C)n3)ncn2)C1. The summed E-state index contributed by atoms with van der Waals surface area (Å²) in [6.45, 7) is 9.70. The van der Waals surface area contributed by atoms with Crippen molar-refractivity contribution in [2.45, 2.75) is 40.0 Å². The molecule has 6 nitrogen and oxygen atoms in total. The first-order valence-electron chi connectivity index (χ1n) is 8.75. The van der Waals surface area contributed by atoms with Gasteiger partial charge >= 0.3 is 0 Å². The van der Waals surface area contributed by atoms with Crippen LogP contribution in [0.3, 0.4) is 0 Å². The van der Waals surface area contributed by atoms with Crippen LogP contribution >= 0.6 is 0 Å². The summed E-state index contributed by atoms with van der Waals surface area (Å²) in [6.07, 6.45) is 5.19. The molecule has 0 aromatic carbocycles. The normalized spacial score (nSPS) is 18.5. The Morgan fingerprint density at radius 1 is 1.17 bits per heavy atom. The van der Waals surface area contributed by atoms with Gasteiger partial charge in [0.25, 0.3) is 0 Å². The number of aromatic nitrogens is 4. The number of aryl methyl sites for hydroxylation is 2. The Kier molecular flexibility index (Phi) is 5.35. The maximum absolute atomic E-state index is 4.45. The fraction of sp³-hybridized carbons (Fsp3) is 0.556. The van der Waals surface area contributed by atoms with Crippen molar-refractivity contribution in [2.24, 2.45) is 5.92 Å².